The van der Waals surface area contributed by atoms with E-state index in [1.807, 2.05) is 4.90 Å². The zero-order valence-corrected chi connectivity index (χ0v) is 12.9. The lowest BCUT2D eigenvalue weighted by Crippen LogP contribution is -2.53. The van der Waals surface area contributed by atoms with Crippen LogP contribution in [0.2, 0.25) is 0 Å². The third-order valence-corrected chi connectivity index (χ3v) is 4.18. The van der Waals surface area contributed by atoms with Crippen molar-refractivity contribution in [2.45, 2.75) is 65.0 Å². The van der Waals surface area contributed by atoms with Gasteiger partial charge in [0.25, 0.3) is 0 Å². The van der Waals surface area contributed by atoms with Gasteiger partial charge in [-0.15, -0.1) is 0 Å². The quantitative estimate of drug-likeness (QED) is 0.773. The zero-order chi connectivity index (χ0) is 14.5. The molecule has 112 valence electrons. The van der Waals surface area contributed by atoms with Crippen LogP contribution in [0.25, 0.3) is 0 Å². The van der Waals surface area contributed by atoms with E-state index < -0.39 is 5.60 Å². The summed E-state index contributed by atoms with van der Waals surface area (Å²) in [6.07, 6.45) is 3.17. The number of aliphatic hydroxyl groups is 1. The first-order valence-corrected chi connectivity index (χ1v) is 7.66. The number of nitrogens with one attached hydrogen (secondary N) is 1. The van der Waals surface area contributed by atoms with Crippen LogP contribution in [0, 0.1) is 5.92 Å². The number of rotatable bonds is 6. The van der Waals surface area contributed by atoms with E-state index in [2.05, 4.69) is 33.0 Å². The van der Waals surface area contributed by atoms with E-state index in [0.717, 1.165) is 12.8 Å². The van der Waals surface area contributed by atoms with Crippen molar-refractivity contribution >= 4 is 5.91 Å². The Hall–Kier alpha value is -0.610. The van der Waals surface area contributed by atoms with Crippen LogP contribution in [0.15, 0.2) is 0 Å². The summed E-state index contributed by atoms with van der Waals surface area (Å²) in [5.41, 5.74) is -0.644. The third kappa shape index (κ3) is 4.77. The Labute approximate surface area is 117 Å². The van der Waals surface area contributed by atoms with E-state index in [1.54, 1.807) is 0 Å². The monoisotopic (exact) mass is 270 g/mol. The molecule has 0 saturated carbocycles. The predicted molar refractivity (Wildman–Crippen MR) is 78.0 cm³/mol. The molecule has 19 heavy (non-hydrogen) atoms. The summed E-state index contributed by atoms with van der Waals surface area (Å²) in [5, 5.41) is 13.8. The first-order valence-electron chi connectivity index (χ1n) is 7.66. The van der Waals surface area contributed by atoms with Crippen LogP contribution in [0.3, 0.4) is 0 Å². The van der Waals surface area contributed by atoms with Crippen molar-refractivity contribution in [1.29, 1.82) is 0 Å². The van der Waals surface area contributed by atoms with Crippen molar-refractivity contribution in [3.05, 3.63) is 0 Å². The van der Waals surface area contributed by atoms with Gasteiger partial charge in [-0.3, -0.25) is 4.79 Å². The van der Waals surface area contributed by atoms with Gasteiger partial charge in [0.15, 0.2) is 0 Å². The van der Waals surface area contributed by atoms with Gasteiger partial charge in [-0.25, -0.2) is 0 Å². The number of hydrogen-bond donors (Lipinski definition) is 2. The molecule has 0 atom stereocenters. The minimum Gasteiger partial charge on any atom is -0.388 e. The second-order valence-electron chi connectivity index (χ2n) is 6.10. The predicted octanol–water partition coefficient (Wildman–Crippen LogP) is 1.77. The molecule has 0 aliphatic carbocycles. The summed E-state index contributed by atoms with van der Waals surface area (Å²) < 4.78 is 0. The minimum atomic E-state index is -0.644. The minimum absolute atomic E-state index is 0.153. The summed E-state index contributed by atoms with van der Waals surface area (Å²) in [5.74, 6) is 0.420. The Morgan fingerprint density at radius 2 is 1.79 bits per heavy atom. The molecule has 0 unspecified atom stereocenters. The maximum atomic E-state index is 12.3. The summed E-state index contributed by atoms with van der Waals surface area (Å²) in [7, 11) is 0. The lowest BCUT2D eigenvalue weighted by atomic mass is 9.90. The number of hydrogen-bond acceptors (Lipinski definition) is 3. The first kappa shape index (κ1) is 16.4. The second-order valence-corrected chi connectivity index (χ2v) is 6.10. The van der Waals surface area contributed by atoms with E-state index in [9.17, 15) is 9.90 Å². The van der Waals surface area contributed by atoms with Crippen LogP contribution in [0.5, 0.6) is 0 Å². The van der Waals surface area contributed by atoms with Crippen molar-refractivity contribution in [2.24, 2.45) is 5.92 Å². The molecule has 0 bridgehead atoms. The van der Waals surface area contributed by atoms with E-state index >= 15 is 0 Å². The van der Waals surface area contributed by atoms with Gasteiger partial charge < -0.3 is 15.3 Å². The fourth-order valence-electron chi connectivity index (χ4n) is 2.61. The van der Waals surface area contributed by atoms with Gasteiger partial charge in [-0.05, 0) is 25.7 Å². The Balaban J connectivity index is 2.45. The van der Waals surface area contributed by atoms with Gasteiger partial charge in [0, 0.05) is 31.6 Å². The van der Waals surface area contributed by atoms with Crippen molar-refractivity contribution in [3.8, 4) is 0 Å². The van der Waals surface area contributed by atoms with Crippen LogP contribution in [0.1, 0.15) is 53.4 Å². The fourth-order valence-corrected chi connectivity index (χ4v) is 2.61. The highest BCUT2D eigenvalue weighted by atomic mass is 16.3. The molecule has 4 nitrogen and oxygen atoms in total. The highest BCUT2D eigenvalue weighted by Crippen LogP contribution is 2.24. The van der Waals surface area contributed by atoms with Crippen LogP contribution >= 0.6 is 0 Å². The van der Waals surface area contributed by atoms with Crippen molar-refractivity contribution in [1.82, 2.24) is 10.2 Å². The number of nitrogens with zero attached hydrogens (tertiary/aromatic N) is 1. The molecular weight excluding hydrogens is 240 g/mol. The standard InChI is InChI=1S/C15H30N2O2/c1-5-13(6-2)14(18)17-9-7-15(19,8-10-17)11-16-12(3)4/h12-13,16,19H,5-11H2,1-4H3. The topological polar surface area (TPSA) is 52.6 Å². The molecule has 1 amide bonds. The maximum Gasteiger partial charge on any atom is 0.225 e. The van der Waals surface area contributed by atoms with Crippen LogP contribution in [0.4, 0.5) is 0 Å². The Morgan fingerprint density at radius 1 is 1.26 bits per heavy atom. The maximum absolute atomic E-state index is 12.3. The summed E-state index contributed by atoms with van der Waals surface area (Å²) >= 11 is 0. The SMILES string of the molecule is CCC(CC)C(=O)N1CCC(O)(CNC(C)C)CC1. The molecule has 0 radical (unpaired) electrons. The zero-order valence-electron chi connectivity index (χ0n) is 12.9. The Morgan fingerprint density at radius 3 is 2.21 bits per heavy atom. The van der Waals surface area contributed by atoms with E-state index in [1.165, 1.54) is 0 Å². The van der Waals surface area contributed by atoms with Gasteiger partial charge in [0.1, 0.15) is 0 Å². The van der Waals surface area contributed by atoms with Crippen molar-refractivity contribution in [2.75, 3.05) is 19.6 Å². The Kier molecular flexibility index (Phi) is 6.27. The first-order chi connectivity index (χ1) is 8.91. The molecule has 1 rings (SSSR count). The van der Waals surface area contributed by atoms with Gasteiger partial charge in [-0.2, -0.15) is 0 Å². The molecule has 1 aliphatic rings. The van der Waals surface area contributed by atoms with Crippen LogP contribution in [-0.4, -0.2) is 47.2 Å². The summed E-state index contributed by atoms with van der Waals surface area (Å²) in [6, 6.07) is 0.383. The molecular formula is C15H30N2O2. The molecule has 1 heterocycles. The number of carbonyl (C=O) groups excluding carboxylic acids is 1. The fraction of sp³-hybridized carbons (Fsp3) is 0.933. The highest BCUT2D eigenvalue weighted by Gasteiger charge is 2.34. The summed E-state index contributed by atoms with van der Waals surface area (Å²) in [4.78, 5) is 14.2. The molecule has 0 spiro atoms. The normalized spacial score (nSPS) is 19.2. The van der Waals surface area contributed by atoms with Gasteiger partial charge >= 0.3 is 0 Å². The molecule has 1 saturated heterocycles. The smallest absolute Gasteiger partial charge is 0.225 e. The van der Waals surface area contributed by atoms with E-state index in [-0.39, 0.29) is 11.8 Å². The number of piperidine rings is 1. The molecule has 4 heteroatoms. The average molecular weight is 270 g/mol. The molecule has 2 N–H and O–H groups in total. The van der Waals surface area contributed by atoms with E-state index in [4.69, 9.17) is 0 Å². The van der Waals surface area contributed by atoms with E-state index in [0.29, 0.717) is 38.5 Å². The molecule has 0 aromatic heterocycles. The highest BCUT2D eigenvalue weighted by molar-refractivity contribution is 5.78. The van der Waals surface area contributed by atoms with Crippen molar-refractivity contribution < 1.29 is 9.90 Å². The second kappa shape index (κ2) is 7.25. The van der Waals surface area contributed by atoms with Crippen LogP contribution < -0.4 is 5.32 Å². The molecule has 1 fully saturated rings. The van der Waals surface area contributed by atoms with Crippen LogP contribution in [-0.2, 0) is 4.79 Å². The third-order valence-electron chi connectivity index (χ3n) is 4.18. The number of carbonyl (C=O) groups is 1. The largest absolute Gasteiger partial charge is 0.388 e. The lowest BCUT2D eigenvalue weighted by Gasteiger charge is -2.39. The van der Waals surface area contributed by atoms with Gasteiger partial charge in [-0.1, -0.05) is 27.7 Å². The van der Waals surface area contributed by atoms with Gasteiger partial charge in [0.05, 0.1) is 5.60 Å². The van der Waals surface area contributed by atoms with Crippen molar-refractivity contribution in [3.63, 3.8) is 0 Å². The average Bonchev–Trinajstić information content (AvgIpc) is 2.39. The Bertz CT molecular complexity index is 280. The number of likely N-dealkylation sites (tertiary alicyclic amines) is 1. The van der Waals surface area contributed by atoms with Gasteiger partial charge in [0.2, 0.25) is 5.91 Å². The number of amides is 1. The lowest BCUT2D eigenvalue weighted by molar-refractivity contribution is -0.139. The molecule has 0 aromatic rings. The molecule has 1 aliphatic heterocycles. The summed E-state index contributed by atoms with van der Waals surface area (Å²) in [6.45, 7) is 10.3. The molecule has 0 aromatic carbocycles.